The highest BCUT2D eigenvalue weighted by Crippen LogP contribution is 2.33. The first kappa shape index (κ1) is 17.8. The fraction of sp³-hybridized carbons (Fsp3) is 0.167. The summed E-state index contributed by atoms with van der Waals surface area (Å²) in [6.45, 7) is -0.0203. The molecule has 23 heavy (non-hydrogen) atoms. The van der Waals surface area contributed by atoms with E-state index in [2.05, 4.69) is 19.7 Å². The van der Waals surface area contributed by atoms with E-state index < -0.39 is 17.8 Å². The van der Waals surface area contributed by atoms with Gasteiger partial charge in [-0.3, -0.25) is 9.78 Å². The molecule has 0 N–H and O–H groups in total. The van der Waals surface area contributed by atoms with Gasteiger partial charge in [0.25, 0.3) is 6.47 Å². The van der Waals surface area contributed by atoms with Gasteiger partial charge in [0.2, 0.25) is 5.88 Å². The Morgan fingerprint density at radius 3 is 2.43 bits per heavy atom. The first-order chi connectivity index (χ1) is 10.8. The average molecular weight is 384 g/mol. The van der Waals surface area contributed by atoms with Crippen LogP contribution in [0.3, 0.4) is 0 Å². The van der Waals surface area contributed by atoms with Crippen molar-refractivity contribution in [3.8, 4) is 5.88 Å². The highest BCUT2D eigenvalue weighted by Gasteiger charge is 2.34. The predicted molar refractivity (Wildman–Crippen MR) is 77.5 cm³/mol. The van der Waals surface area contributed by atoms with Crippen LogP contribution in [-0.4, -0.2) is 21.4 Å². The summed E-state index contributed by atoms with van der Waals surface area (Å²) in [7, 11) is 0. The third-order valence-electron chi connectivity index (χ3n) is 2.44. The first-order valence-electron chi connectivity index (χ1n) is 5.78. The largest absolute Gasteiger partial charge is 0.433 e. The lowest BCUT2D eigenvalue weighted by Crippen LogP contribution is -2.10. The number of alkyl halides is 3. The molecule has 0 unspecified atom stereocenters. The summed E-state index contributed by atoms with van der Waals surface area (Å²) in [5.74, 6) is -0.390. The van der Waals surface area contributed by atoms with Crippen molar-refractivity contribution in [2.24, 2.45) is 0 Å². The molecule has 122 valence electrons. The SMILES string of the molecule is O=COc1cc(C(F)(F)F)nc(SCc2c(Cl)cncc2Cl)n1. The van der Waals surface area contributed by atoms with Gasteiger partial charge in [0.05, 0.1) is 10.0 Å². The number of nitrogens with zero attached hydrogens (tertiary/aromatic N) is 3. The molecule has 2 aromatic heterocycles. The highest BCUT2D eigenvalue weighted by molar-refractivity contribution is 7.98. The third kappa shape index (κ3) is 4.69. The van der Waals surface area contributed by atoms with Crippen molar-refractivity contribution in [1.29, 1.82) is 0 Å². The second-order valence-electron chi connectivity index (χ2n) is 3.96. The molecule has 0 bridgehead atoms. The number of carbonyl (C=O) groups is 1. The molecule has 0 aliphatic carbocycles. The standard InChI is InChI=1S/C12H6Cl2F3N3O2S/c13-7-2-18-3-8(14)6(7)4-23-11-19-9(12(15,16)17)1-10(20-11)22-5-21/h1-3,5H,4H2. The maximum atomic E-state index is 12.8. The summed E-state index contributed by atoms with van der Waals surface area (Å²) in [6.07, 6.45) is -1.99. The van der Waals surface area contributed by atoms with E-state index in [1.165, 1.54) is 12.4 Å². The molecule has 2 aromatic rings. The van der Waals surface area contributed by atoms with Crippen molar-refractivity contribution < 1.29 is 22.7 Å². The maximum absolute atomic E-state index is 12.8. The van der Waals surface area contributed by atoms with Crippen LogP contribution in [0.15, 0.2) is 23.6 Å². The zero-order chi connectivity index (χ0) is 17.0. The molecule has 11 heteroatoms. The van der Waals surface area contributed by atoms with Crippen LogP contribution in [0.1, 0.15) is 11.3 Å². The molecular weight excluding hydrogens is 378 g/mol. The van der Waals surface area contributed by atoms with Crippen LogP contribution in [0.5, 0.6) is 5.88 Å². The number of hydrogen-bond acceptors (Lipinski definition) is 6. The van der Waals surface area contributed by atoms with Gasteiger partial charge >= 0.3 is 6.18 Å². The van der Waals surface area contributed by atoms with Gasteiger partial charge in [-0.05, 0) is 0 Å². The molecule has 0 amide bonds. The summed E-state index contributed by atoms with van der Waals surface area (Å²) >= 11 is 12.7. The quantitative estimate of drug-likeness (QED) is 0.441. The Balaban J connectivity index is 2.28. The molecule has 0 saturated heterocycles. The summed E-state index contributed by atoms with van der Waals surface area (Å²) in [6, 6.07) is 0.533. The van der Waals surface area contributed by atoms with E-state index in [0.29, 0.717) is 11.6 Å². The van der Waals surface area contributed by atoms with E-state index in [0.717, 1.165) is 11.8 Å². The van der Waals surface area contributed by atoms with Crippen LogP contribution in [0.25, 0.3) is 0 Å². The van der Waals surface area contributed by atoms with Gasteiger partial charge in [-0.1, -0.05) is 35.0 Å². The Morgan fingerprint density at radius 1 is 1.22 bits per heavy atom. The smallest absolute Gasteiger partial charge is 0.410 e. The number of aromatic nitrogens is 3. The Labute approximate surface area is 142 Å². The Kier molecular flexibility index (Phi) is 5.66. The third-order valence-corrected chi connectivity index (χ3v) is 3.96. The minimum absolute atomic E-state index is 0.0203. The van der Waals surface area contributed by atoms with Gasteiger partial charge in [0, 0.05) is 29.8 Å². The number of hydrogen-bond donors (Lipinski definition) is 0. The number of carbonyl (C=O) groups excluding carboxylic acids is 1. The van der Waals surface area contributed by atoms with E-state index >= 15 is 0 Å². The monoisotopic (exact) mass is 383 g/mol. The van der Waals surface area contributed by atoms with Crippen molar-refractivity contribution in [2.45, 2.75) is 17.1 Å². The zero-order valence-electron chi connectivity index (χ0n) is 11.0. The molecule has 0 atom stereocenters. The fourth-order valence-electron chi connectivity index (χ4n) is 1.44. The Hall–Kier alpha value is -1.58. The van der Waals surface area contributed by atoms with E-state index in [4.69, 9.17) is 23.2 Å². The molecule has 5 nitrogen and oxygen atoms in total. The minimum atomic E-state index is -4.70. The van der Waals surface area contributed by atoms with E-state index in [1.54, 1.807) is 0 Å². The molecular formula is C12H6Cl2F3N3O2S. The number of thioether (sulfide) groups is 1. The molecule has 0 radical (unpaired) electrons. The molecule has 0 aromatic carbocycles. The second-order valence-corrected chi connectivity index (χ2v) is 5.71. The number of pyridine rings is 1. The summed E-state index contributed by atoms with van der Waals surface area (Å²) in [5.41, 5.74) is -0.744. The van der Waals surface area contributed by atoms with Crippen molar-refractivity contribution >= 4 is 41.4 Å². The van der Waals surface area contributed by atoms with Crippen LogP contribution >= 0.6 is 35.0 Å². The van der Waals surface area contributed by atoms with E-state index in [1.807, 2.05) is 0 Å². The van der Waals surface area contributed by atoms with Crippen molar-refractivity contribution in [3.63, 3.8) is 0 Å². The lowest BCUT2D eigenvalue weighted by Gasteiger charge is -2.09. The topological polar surface area (TPSA) is 65.0 Å². The van der Waals surface area contributed by atoms with Crippen molar-refractivity contribution in [3.05, 3.63) is 39.8 Å². The van der Waals surface area contributed by atoms with Crippen LogP contribution < -0.4 is 4.74 Å². The van der Waals surface area contributed by atoms with Crippen LogP contribution in [0.4, 0.5) is 13.2 Å². The van der Waals surface area contributed by atoms with Crippen molar-refractivity contribution in [1.82, 2.24) is 15.0 Å². The number of ether oxygens (including phenoxy) is 1. The van der Waals surface area contributed by atoms with Crippen LogP contribution in [0, 0.1) is 0 Å². The summed E-state index contributed by atoms with van der Waals surface area (Å²) in [5, 5.41) is 0.295. The number of halogens is 5. The molecule has 0 aliphatic rings. The molecule has 0 saturated carbocycles. The Morgan fingerprint density at radius 2 is 1.87 bits per heavy atom. The molecule has 0 aliphatic heterocycles. The van der Waals surface area contributed by atoms with Gasteiger partial charge in [-0.15, -0.1) is 0 Å². The van der Waals surface area contributed by atoms with Gasteiger partial charge in [-0.25, -0.2) is 4.98 Å². The van der Waals surface area contributed by atoms with Gasteiger partial charge < -0.3 is 4.74 Å². The van der Waals surface area contributed by atoms with Gasteiger partial charge in [0.15, 0.2) is 10.9 Å². The van der Waals surface area contributed by atoms with E-state index in [-0.39, 0.29) is 27.4 Å². The minimum Gasteiger partial charge on any atom is -0.410 e. The first-order valence-corrected chi connectivity index (χ1v) is 7.52. The molecule has 2 rings (SSSR count). The average Bonchev–Trinajstić information content (AvgIpc) is 2.46. The summed E-state index contributed by atoms with van der Waals surface area (Å²) in [4.78, 5) is 21.2. The van der Waals surface area contributed by atoms with Gasteiger partial charge in [-0.2, -0.15) is 18.2 Å². The molecule has 2 heterocycles. The zero-order valence-corrected chi connectivity index (χ0v) is 13.3. The highest BCUT2D eigenvalue weighted by atomic mass is 35.5. The second kappa shape index (κ2) is 7.33. The normalized spacial score (nSPS) is 11.3. The maximum Gasteiger partial charge on any atom is 0.433 e. The lowest BCUT2D eigenvalue weighted by atomic mass is 10.3. The van der Waals surface area contributed by atoms with Crippen LogP contribution in [-0.2, 0) is 16.7 Å². The van der Waals surface area contributed by atoms with Gasteiger partial charge in [0.1, 0.15) is 0 Å². The van der Waals surface area contributed by atoms with Crippen LogP contribution in [0.2, 0.25) is 10.0 Å². The molecule has 0 fully saturated rings. The van der Waals surface area contributed by atoms with Crippen molar-refractivity contribution in [2.75, 3.05) is 0 Å². The Bertz CT molecular complexity index is 711. The van der Waals surface area contributed by atoms with E-state index in [9.17, 15) is 18.0 Å². The number of rotatable bonds is 5. The lowest BCUT2D eigenvalue weighted by molar-refractivity contribution is -0.142. The predicted octanol–water partition coefficient (Wildman–Crippen LogP) is 4.02. The molecule has 0 spiro atoms. The summed E-state index contributed by atoms with van der Waals surface area (Å²) < 4.78 is 42.7. The fourth-order valence-corrected chi connectivity index (χ4v) is 2.99.